The first kappa shape index (κ1) is 16.9. The normalized spacial score (nSPS) is 14.0. The third kappa shape index (κ3) is 3.95. The Kier molecular flexibility index (Phi) is 5.25. The molecule has 0 saturated carbocycles. The number of nitrogens with zero attached hydrogens (tertiary/aromatic N) is 2. The zero-order chi connectivity index (χ0) is 17.6. The number of amides is 2. The smallest absolute Gasteiger partial charge is 0.259 e. The summed E-state index contributed by atoms with van der Waals surface area (Å²) < 4.78 is 5.35. The number of carbonyl (C=O) groups excluding carboxylic acids is 2. The summed E-state index contributed by atoms with van der Waals surface area (Å²) in [4.78, 5) is 30.6. The summed E-state index contributed by atoms with van der Waals surface area (Å²) >= 11 is 0. The molecule has 1 aliphatic heterocycles. The molecule has 25 heavy (non-hydrogen) atoms. The monoisotopic (exact) mass is 340 g/mol. The lowest BCUT2D eigenvalue weighted by atomic mass is 10.1. The Hall–Kier alpha value is -2.93. The minimum absolute atomic E-state index is 0.167. The van der Waals surface area contributed by atoms with Crippen molar-refractivity contribution in [3.05, 3.63) is 53.7 Å². The first-order valence-electron chi connectivity index (χ1n) is 8.10. The summed E-state index contributed by atoms with van der Waals surface area (Å²) in [6.07, 6.45) is 1.68. The van der Waals surface area contributed by atoms with E-state index in [1.54, 1.807) is 49.6 Å². The number of hydrogen-bond acceptors (Lipinski definition) is 5. The highest BCUT2D eigenvalue weighted by Gasteiger charge is 2.20. The second-order valence-electron chi connectivity index (χ2n) is 5.58. The van der Waals surface area contributed by atoms with Crippen molar-refractivity contribution in [2.24, 2.45) is 0 Å². The molecule has 1 aromatic carbocycles. The molecule has 7 heteroatoms. The number of benzene rings is 1. The summed E-state index contributed by atoms with van der Waals surface area (Å²) in [7, 11) is 1.58. The summed E-state index contributed by atoms with van der Waals surface area (Å²) in [6, 6.07) is 10.2. The highest BCUT2D eigenvalue weighted by molar-refractivity contribution is 6.07. The maximum Gasteiger partial charge on any atom is 0.259 e. The minimum Gasteiger partial charge on any atom is -0.378 e. The fourth-order valence-electron chi connectivity index (χ4n) is 2.65. The maximum absolute atomic E-state index is 12.7. The van der Waals surface area contributed by atoms with Crippen LogP contribution in [0.4, 0.5) is 11.5 Å². The van der Waals surface area contributed by atoms with E-state index in [1.165, 1.54) is 0 Å². The van der Waals surface area contributed by atoms with Gasteiger partial charge in [0, 0.05) is 37.6 Å². The fraction of sp³-hybridized carbons (Fsp3) is 0.278. The number of hydrogen-bond donors (Lipinski definition) is 2. The van der Waals surface area contributed by atoms with E-state index in [0.29, 0.717) is 48.9 Å². The van der Waals surface area contributed by atoms with Gasteiger partial charge in [-0.1, -0.05) is 0 Å². The minimum atomic E-state index is -0.234. The molecular weight excluding hydrogens is 320 g/mol. The van der Waals surface area contributed by atoms with Crippen LogP contribution in [-0.2, 0) is 4.74 Å². The van der Waals surface area contributed by atoms with E-state index in [-0.39, 0.29) is 11.8 Å². The molecule has 0 atom stereocenters. The second kappa shape index (κ2) is 7.76. The Labute approximate surface area is 146 Å². The number of pyridine rings is 1. The molecule has 2 amide bonds. The first-order chi connectivity index (χ1) is 12.2. The number of rotatable bonds is 4. The van der Waals surface area contributed by atoms with Gasteiger partial charge in [-0.05, 0) is 36.4 Å². The van der Waals surface area contributed by atoms with Gasteiger partial charge in [-0.3, -0.25) is 9.59 Å². The second-order valence-corrected chi connectivity index (χ2v) is 5.58. The Morgan fingerprint density at radius 2 is 1.80 bits per heavy atom. The van der Waals surface area contributed by atoms with E-state index < -0.39 is 0 Å². The molecular formula is C18H20N4O3. The predicted molar refractivity (Wildman–Crippen MR) is 95.1 cm³/mol. The number of aromatic nitrogens is 1. The quantitative estimate of drug-likeness (QED) is 0.882. The van der Waals surface area contributed by atoms with Crippen molar-refractivity contribution in [1.82, 2.24) is 10.3 Å². The lowest BCUT2D eigenvalue weighted by Crippen LogP contribution is -2.38. The van der Waals surface area contributed by atoms with Crippen molar-refractivity contribution < 1.29 is 14.3 Å². The van der Waals surface area contributed by atoms with Gasteiger partial charge in [0.25, 0.3) is 11.8 Å². The zero-order valence-electron chi connectivity index (χ0n) is 14.0. The summed E-state index contributed by atoms with van der Waals surface area (Å²) in [6.45, 7) is 2.66. The number of nitrogens with one attached hydrogen (secondary N) is 2. The van der Waals surface area contributed by atoms with E-state index in [0.717, 1.165) is 0 Å². The van der Waals surface area contributed by atoms with Gasteiger partial charge >= 0.3 is 0 Å². The molecule has 2 N–H and O–H groups in total. The van der Waals surface area contributed by atoms with E-state index in [1.807, 2.05) is 4.90 Å². The lowest BCUT2D eigenvalue weighted by Gasteiger charge is -2.29. The maximum atomic E-state index is 12.7. The molecule has 0 unspecified atom stereocenters. The Morgan fingerprint density at radius 1 is 1.08 bits per heavy atom. The molecule has 0 radical (unpaired) electrons. The highest BCUT2D eigenvalue weighted by Crippen LogP contribution is 2.20. The number of anilines is 2. The highest BCUT2D eigenvalue weighted by atomic mass is 16.5. The Morgan fingerprint density at radius 3 is 2.48 bits per heavy atom. The molecule has 3 rings (SSSR count). The van der Waals surface area contributed by atoms with Crippen molar-refractivity contribution in [1.29, 1.82) is 0 Å². The molecule has 0 spiro atoms. The van der Waals surface area contributed by atoms with Gasteiger partial charge in [-0.15, -0.1) is 0 Å². The summed E-state index contributed by atoms with van der Waals surface area (Å²) in [5.41, 5.74) is 1.67. The third-order valence-corrected chi connectivity index (χ3v) is 3.97. The Bertz CT molecular complexity index is 755. The van der Waals surface area contributed by atoms with Gasteiger partial charge in [0.2, 0.25) is 0 Å². The van der Waals surface area contributed by atoms with Crippen LogP contribution in [0.25, 0.3) is 0 Å². The van der Waals surface area contributed by atoms with Crippen LogP contribution in [0.1, 0.15) is 20.7 Å². The van der Waals surface area contributed by atoms with Crippen molar-refractivity contribution in [2.45, 2.75) is 0 Å². The van der Waals surface area contributed by atoms with Crippen molar-refractivity contribution >= 4 is 23.3 Å². The van der Waals surface area contributed by atoms with Crippen LogP contribution in [0.2, 0.25) is 0 Å². The third-order valence-electron chi connectivity index (χ3n) is 3.97. The van der Waals surface area contributed by atoms with Crippen LogP contribution in [-0.4, -0.2) is 50.1 Å². The standard InChI is InChI=1S/C18H20N4O3/c1-19-17(23)13-4-6-14(7-5-13)21-18(24)15-3-2-8-20-16(15)22-9-11-25-12-10-22/h2-8H,9-12H2,1H3,(H,19,23)(H,21,24). The average Bonchev–Trinajstić information content (AvgIpc) is 2.68. The lowest BCUT2D eigenvalue weighted by molar-refractivity contribution is 0.0962. The van der Waals surface area contributed by atoms with E-state index >= 15 is 0 Å². The zero-order valence-corrected chi connectivity index (χ0v) is 14.0. The van der Waals surface area contributed by atoms with Crippen LogP contribution in [0.5, 0.6) is 0 Å². The molecule has 1 aliphatic rings. The summed E-state index contributed by atoms with van der Waals surface area (Å²) in [5, 5.41) is 5.41. The van der Waals surface area contributed by atoms with E-state index in [9.17, 15) is 9.59 Å². The first-order valence-corrected chi connectivity index (χ1v) is 8.10. The van der Waals surface area contributed by atoms with Gasteiger partial charge < -0.3 is 20.3 Å². The molecule has 7 nitrogen and oxygen atoms in total. The van der Waals surface area contributed by atoms with Gasteiger partial charge in [0.05, 0.1) is 18.8 Å². The molecule has 130 valence electrons. The van der Waals surface area contributed by atoms with Crippen molar-refractivity contribution in [2.75, 3.05) is 43.6 Å². The molecule has 1 aromatic heterocycles. The van der Waals surface area contributed by atoms with Gasteiger partial charge in [0.15, 0.2) is 0 Å². The fourth-order valence-corrected chi connectivity index (χ4v) is 2.65. The number of carbonyl (C=O) groups is 2. The molecule has 2 aromatic rings. The molecule has 1 fully saturated rings. The van der Waals surface area contributed by atoms with Gasteiger partial charge in [-0.2, -0.15) is 0 Å². The van der Waals surface area contributed by atoms with Gasteiger partial charge in [-0.25, -0.2) is 4.98 Å². The number of morpholine rings is 1. The summed E-state index contributed by atoms with van der Waals surface area (Å²) in [5.74, 6) is 0.257. The van der Waals surface area contributed by atoms with Crippen LogP contribution >= 0.6 is 0 Å². The predicted octanol–water partition coefficient (Wildman–Crippen LogP) is 1.53. The SMILES string of the molecule is CNC(=O)c1ccc(NC(=O)c2cccnc2N2CCOCC2)cc1. The topological polar surface area (TPSA) is 83.6 Å². The molecule has 1 saturated heterocycles. The van der Waals surface area contributed by atoms with Crippen LogP contribution < -0.4 is 15.5 Å². The van der Waals surface area contributed by atoms with Crippen LogP contribution in [0, 0.1) is 0 Å². The molecule has 0 aliphatic carbocycles. The number of ether oxygens (including phenoxy) is 1. The molecule has 2 heterocycles. The van der Waals surface area contributed by atoms with E-state index in [2.05, 4.69) is 15.6 Å². The van der Waals surface area contributed by atoms with Crippen LogP contribution in [0.15, 0.2) is 42.6 Å². The van der Waals surface area contributed by atoms with Crippen LogP contribution in [0.3, 0.4) is 0 Å². The largest absolute Gasteiger partial charge is 0.378 e. The molecule has 0 bridgehead atoms. The van der Waals surface area contributed by atoms with Crippen molar-refractivity contribution in [3.63, 3.8) is 0 Å². The average molecular weight is 340 g/mol. The van der Waals surface area contributed by atoms with Gasteiger partial charge in [0.1, 0.15) is 5.82 Å². The van der Waals surface area contributed by atoms with Crippen molar-refractivity contribution in [3.8, 4) is 0 Å². The van der Waals surface area contributed by atoms with E-state index in [4.69, 9.17) is 4.74 Å². The Balaban J connectivity index is 1.76.